The van der Waals surface area contributed by atoms with Gasteiger partial charge in [-0.15, -0.1) is 0 Å². The van der Waals surface area contributed by atoms with E-state index in [1.54, 1.807) is 18.9 Å². The van der Waals surface area contributed by atoms with Gasteiger partial charge >= 0.3 is 6.03 Å². The molecule has 4 rings (SSSR count). The number of imide groups is 1. The van der Waals surface area contributed by atoms with Gasteiger partial charge in [-0.25, -0.2) is 9.18 Å². The van der Waals surface area contributed by atoms with Gasteiger partial charge in [-0.2, -0.15) is 0 Å². The van der Waals surface area contributed by atoms with Gasteiger partial charge in [-0.3, -0.25) is 19.4 Å². The zero-order valence-corrected chi connectivity index (χ0v) is 19.4. The van der Waals surface area contributed by atoms with E-state index >= 15 is 0 Å². The number of piperazine rings is 1. The Labute approximate surface area is 198 Å². The minimum absolute atomic E-state index is 0.262. The van der Waals surface area contributed by atoms with Crippen LogP contribution in [0, 0.1) is 5.82 Å². The van der Waals surface area contributed by atoms with Crippen molar-refractivity contribution in [2.45, 2.75) is 18.9 Å². The summed E-state index contributed by atoms with van der Waals surface area (Å²) >= 11 is 0. The van der Waals surface area contributed by atoms with Crippen molar-refractivity contribution in [1.82, 2.24) is 20.0 Å². The Morgan fingerprint density at radius 2 is 1.68 bits per heavy atom. The normalized spacial score (nSPS) is 21.0. The zero-order chi connectivity index (χ0) is 24.3. The molecule has 34 heavy (non-hydrogen) atoms. The van der Waals surface area contributed by atoms with E-state index in [4.69, 9.17) is 4.74 Å². The minimum Gasteiger partial charge on any atom is -0.497 e. The highest BCUT2D eigenvalue weighted by Crippen LogP contribution is 2.29. The molecule has 2 aromatic carbocycles. The van der Waals surface area contributed by atoms with Crippen LogP contribution >= 0.6 is 0 Å². The van der Waals surface area contributed by atoms with Gasteiger partial charge < -0.3 is 15.0 Å². The molecule has 0 spiro atoms. The van der Waals surface area contributed by atoms with Crippen LogP contribution < -0.4 is 10.1 Å². The van der Waals surface area contributed by atoms with Crippen LogP contribution in [0.5, 0.6) is 5.75 Å². The first-order chi connectivity index (χ1) is 16.3. The summed E-state index contributed by atoms with van der Waals surface area (Å²) in [6.45, 7) is 4.68. The smallest absolute Gasteiger partial charge is 0.325 e. The summed E-state index contributed by atoms with van der Waals surface area (Å²) in [4.78, 5) is 43.3. The highest BCUT2D eigenvalue weighted by Gasteiger charge is 2.49. The summed E-state index contributed by atoms with van der Waals surface area (Å²) < 4.78 is 18.5. The lowest BCUT2D eigenvalue weighted by Crippen LogP contribution is -2.52. The summed E-state index contributed by atoms with van der Waals surface area (Å²) in [7, 11) is 1.64. The first-order valence-corrected chi connectivity index (χ1v) is 11.3. The van der Waals surface area contributed by atoms with Gasteiger partial charge in [0.15, 0.2) is 0 Å². The fraction of sp³-hybridized carbons (Fsp3) is 0.400. The topological polar surface area (TPSA) is 82.2 Å². The molecule has 2 aliphatic rings. The molecule has 4 amide bonds. The monoisotopic (exact) mass is 468 g/mol. The van der Waals surface area contributed by atoms with Crippen LogP contribution in [-0.2, 0) is 21.5 Å². The van der Waals surface area contributed by atoms with E-state index in [1.807, 2.05) is 12.1 Å². The summed E-state index contributed by atoms with van der Waals surface area (Å²) in [5.74, 6) is -0.379. The third-order valence-electron chi connectivity index (χ3n) is 6.59. The molecule has 1 N–H and O–H groups in total. The van der Waals surface area contributed by atoms with E-state index in [0.717, 1.165) is 36.7 Å². The van der Waals surface area contributed by atoms with Crippen molar-refractivity contribution in [2.75, 3.05) is 46.4 Å². The Morgan fingerprint density at radius 3 is 2.29 bits per heavy atom. The van der Waals surface area contributed by atoms with Gasteiger partial charge in [-0.1, -0.05) is 24.3 Å². The molecule has 8 nitrogen and oxygen atoms in total. The van der Waals surface area contributed by atoms with Crippen LogP contribution in [-0.4, -0.2) is 78.9 Å². The molecule has 1 atom stereocenters. The molecule has 0 bridgehead atoms. The Kier molecular flexibility index (Phi) is 6.83. The average Bonchev–Trinajstić information content (AvgIpc) is 3.07. The van der Waals surface area contributed by atoms with Gasteiger partial charge in [0, 0.05) is 32.7 Å². The lowest BCUT2D eigenvalue weighted by molar-refractivity contribution is -0.139. The molecule has 2 heterocycles. The molecule has 2 fully saturated rings. The number of nitrogens with one attached hydrogen (secondary N) is 1. The standard InChI is InChI=1S/C25H29FN4O4/c1-25(19-5-7-20(26)8-6-19)23(32)30(24(33)27-25)17-22(31)29-15-13-28(14-16-29)12-11-18-3-9-21(34-2)10-4-18/h3-10H,11-17H2,1-2H3,(H,27,33). The quantitative estimate of drug-likeness (QED) is 0.629. The highest BCUT2D eigenvalue weighted by atomic mass is 19.1. The Hall–Kier alpha value is -3.46. The van der Waals surface area contributed by atoms with Gasteiger partial charge in [-0.05, 0) is 48.7 Å². The van der Waals surface area contributed by atoms with Crippen molar-refractivity contribution in [3.8, 4) is 5.75 Å². The molecule has 180 valence electrons. The van der Waals surface area contributed by atoms with Crippen molar-refractivity contribution in [3.05, 3.63) is 65.5 Å². The lowest BCUT2D eigenvalue weighted by Gasteiger charge is -2.35. The molecule has 2 aliphatic heterocycles. The number of hydrogen-bond acceptors (Lipinski definition) is 5. The molecule has 2 saturated heterocycles. The molecule has 0 saturated carbocycles. The minimum atomic E-state index is -1.33. The van der Waals surface area contributed by atoms with E-state index < -0.39 is 23.3 Å². The second-order valence-electron chi connectivity index (χ2n) is 8.77. The second kappa shape index (κ2) is 9.80. The van der Waals surface area contributed by atoms with Crippen LogP contribution in [0.25, 0.3) is 0 Å². The lowest BCUT2D eigenvalue weighted by atomic mass is 9.92. The van der Waals surface area contributed by atoms with E-state index in [2.05, 4.69) is 22.3 Å². The third-order valence-corrected chi connectivity index (χ3v) is 6.59. The number of rotatable bonds is 7. The molecule has 9 heteroatoms. The average molecular weight is 469 g/mol. The van der Waals surface area contributed by atoms with E-state index in [0.29, 0.717) is 18.7 Å². The van der Waals surface area contributed by atoms with Crippen LogP contribution in [0.2, 0.25) is 0 Å². The summed E-state index contributed by atoms with van der Waals surface area (Å²) in [6.07, 6.45) is 0.905. The van der Waals surface area contributed by atoms with Crippen LogP contribution in [0.3, 0.4) is 0 Å². The number of benzene rings is 2. The number of methoxy groups -OCH3 is 1. The van der Waals surface area contributed by atoms with Crippen molar-refractivity contribution >= 4 is 17.8 Å². The number of urea groups is 1. The number of ether oxygens (including phenoxy) is 1. The number of hydrogen-bond donors (Lipinski definition) is 1. The second-order valence-corrected chi connectivity index (χ2v) is 8.77. The number of nitrogens with zero attached hydrogens (tertiary/aromatic N) is 3. The Balaban J connectivity index is 1.28. The Morgan fingerprint density at radius 1 is 1.03 bits per heavy atom. The maximum absolute atomic E-state index is 13.3. The number of carbonyl (C=O) groups excluding carboxylic acids is 3. The Bertz CT molecular complexity index is 1050. The first kappa shape index (κ1) is 23.7. The van der Waals surface area contributed by atoms with Gasteiger partial charge in [0.05, 0.1) is 7.11 Å². The first-order valence-electron chi connectivity index (χ1n) is 11.3. The molecule has 0 radical (unpaired) electrons. The van der Waals surface area contributed by atoms with Crippen LogP contribution in [0.4, 0.5) is 9.18 Å². The van der Waals surface area contributed by atoms with Gasteiger partial charge in [0.1, 0.15) is 23.7 Å². The van der Waals surface area contributed by atoms with Crippen LogP contribution in [0.1, 0.15) is 18.1 Å². The number of amides is 4. The number of carbonyl (C=O) groups is 3. The van der Waals surface area contributed by atoms with Gasteiger partial charge in [0.2, 0.25) is 5.91 Å². The SMILES string of the molecule is COc1ccc(CCN2CCN(C(=O)CN3C(=O)NC(C)(c4ccc(F)cc4)C3=O)CC2)cc1. The molecular formula is C25H29FN4O4. The molecule has 2 aromatic rings. The maximum Gasteiger partial charge on any atom is 0.325 e. The van der Waals surface area contributed by atoms with Crippen molar-refractivity contribution in [1.29, 1.82) is 0 Å². The van der Waals surface area contributed by atoms with E-state index in [9.17, 15) is 18.8 Å². The van der Waals surface area contributed by atoms with Gasteiger partial charge in [0.25, 0.3) is 5.91 Å². The number of halogens is 1. The molecular weight excluding hydrogens is 439 g/mol. The van der Waals surface area contributed by atoms with E-state index in [1.165, 1.54) is 29.8 Å². The largest absolute Gasteiger partial charge is 0.497 e. The van der Waals surface area contributed by atoms with Crippen LogP contribution in [0.15, 0.2) is 48.5 Å². The predicted molar refractivity (Wildman–Crippen MR) is 124 cm³/mol. The highest BCUT2D eigenvalue weighted by molar-refractivity contribution is 6.09. The summed E-state index contributed by atoms with van der Waals surface area (Å²) in [6, 6.07) is 12.8. The fourth-order valence-corrected chi connectivity index (χ4v) is 4.35. The maximum atomic E-state index is 13.3. The van der Waals surface area contributed by atoms with Crippen molar-refractivity contribution < 1.29 is 23.5 Å². The molecule has 0 aromatic heterocycles. The fourth-order valence-electron chi connectivity index (χ4n) is 4.35. The third kappa shape index (κ3) is 4.89. The van der Waals surface area contributed by atoms with E-state index in [-0.39, 0.29) is 12.5 Å². The summed E-state index contributed by atoms with van der Waals surface area (Å²) in [5, 5.41) is 2.65. The molecule has 1 unspecified atom stereocenters. The van der Waals surface area contributed by atoms with Crippen molar-refractivity contribution in [3.63, 3.8) is 0 Å². The summed E-state index contributed by atoms with van der Waals surface area (Å²) in [5.41, 5.74) is 0.361. The zero-order valence-electron chi connectivity index (χ0n) is 19.4. The predicted octanol–water partition coefficient (Wildman–Crippen LogP) is 1.99. The molecule has 0 aliphatic carbocycles. The van der Waals surface area contributed by atoms with Crippen molar-refractivity contribution in [2.24, 2.45) is 0 Å².